The zero-order valence-corrected chi connectivity index (χ0v) is 15.7. The summed E-state index contributed by atoms with van der Waals surface area (Å²) in [4.78, 5) is 8.78. The lowest BCUT2D eigenvalue weighted by molar-refractivity contribution is 0.598. The maximum absolute atomic E-state index is 11.3. The Labute approximate surface area is 158 Å². The molecular formula is C19H21N5O2S. The van der Waals surface area contributed by atoms with E-state index in [-0.39, 0.29) is 4.90 Å². The van der Waals surface area contributed by atoms with Crippen molar-refractivity contribution in [1.82, 2.24) is 9.97 Å². The van der Waals surface area contributed by atoms with Crippen LogP contribution in [-0.2, 0) is 16.4 Å². The molecule has 0 bridgehead atoms. The molecule has 3 rings (SSSR count). The first-order valence-electron chi connectivity index (χ1n) is 8.42. The lowest BCUT2D eigenvalue weighted by Crippen LogP contribution is -2.12. The van der Waals surface area contributed by atoms with E-state index in [0.29, 0.717) is 18.3 Å². The summed E-state index contributed by atoms with van der Waals surface area (Å²) in [6.45, 7) is 2.68. The Morgan fingerprint density at radius 1 is 1.00 bits per heavy atom. The molecule has 2 aromatic carbocycles. The van der Waals surface area contributed by atoms with Gasteiger partial charge >= 0.3 is 0 Å². The monoisotopic (exact) mass is 383 g/mol. The highest BCUT2D eigenvalue weighted by atomic mass is 32.2. The van der Waals surface area contributed by atoms with Crippen LogP contribution in [0.1, 0.15) is 11.1 Å². The first-order chi connectivity index (χ1) is 12.9. The Kier molecular flexibility index (Phi) is 5.68. The molecule has 0 fully saturated rings. The molecule has 1 heterocycles. The van der Waals surface area contributed by atoms with Crippen molar-refractivity contribution in [1.29, 1.82) is 0 Å². The van der Waals surface area contributed by atoms with E-state index in [1.165, 1.54) is 17.7 Å². The number of hydrogen-bond acceptors (Lipinski definition) is 6. The predicted molar refractivity (Wildman–Crippen MR) is 107 cm³/mol. The molecule has 0 unspecified atom stereocenters. The van der Waals surface area contributed by atoms with Gasteiger partial charge < -0.3 is 10.6 Å². The van der Waals surface area contributed by atoms with E-state index in [1.807, 2.05) is 31.2 Å². The van der Waals surface area contributed by atoms with Gasteiger partial charge in [0.15, 0.2) is 0 Å². The molecule has 0 aliphatic heterocycles. The lowest BCUT2D eigenvalue weighted by atomic mass is 10.1. The van der Waals surface area contributed by atoms with E-state index in [4.69, 9.17) is 5.14 Å². The van der Waals surface area contributed by atoms with Crippen LogP contribution in [0.4, 0.5) is 17.5 Å². The highest BCUT2D eigenvalue weighted by Crippen LogP contribution is 2.15. The van der Waals surface area contributed by atoms with Crippen molar-refractivity contribution >= 4 is 27.5 Å². The number of anilines is 3. The standard InChI is InChI=1S/C19H21N5O2S/c1-14-2-6-16(7-3-14)23-19-22-13-11-18(24-19)21-12-10-15-4-8-17(9-5-15)27(20,25)26/h2-9,11,13H,10,12H2,1H3,(H2,20,25,26)(H2,21,22,23,24). The second-order valence-electron chi connectivity index (χ2n) is 6.12. The maximum atomic E-state index is 11.3. The number of aryl methyl sites for hydroxylation is 1. The Morgan fingerprint density at radius 2 is 1.70 bits per heavy atom. The lowest BCUT2D eigenvalue weighted by Gasteiger charge is -2.09. The Morgan fingerprint density at radius 3 is 2.37 bits per heavy atom. The van der Waals surface area contributed by atoms with Crippen LogP contribution in [0.3, 0.4) is 0 Å². The Hall–Kier alpha value is -2.97. The van der Waals surface area contributed by atoms with Crippen molar-refractivity contribution in [2.24, 2.45) is 5.14 Å². The van der Waals surface area contributed by atoms with Crippen molar-refractivity contribution in [2.75, 3.05) is 17.2 Å². The molecule has 0 amide bonds. The van der Waals surface area contributed by atoms with Gasteiger partial charge in [0.1, 0.15) is 5.82 Å². The number of benzene rings is 2. The number of nitrogens with two attached hydrogens (primary N) is 1. The molecule has 0 spiro atoms. The number of rotatable bonds is 7. The van der Waals surface area contributed by atoms with Crippen molar-refractivity contribution in [3.05, 3.63) is 71.9 Å². The summed E-state index contributed by atoms with van der Waals surface area (Å²) in [6, 6.07) is 16.3. The molecule has 7 nitrogen and oxygen atoms in total. The number of nitrogens with one attached hydrogen (secondary N) is 2. The van der Waals surface area contributed by atoms with Crippen molar-refractivity contribution in [3.8, 4) is 0 Å². The summed E-state index contributed by atoms with van der Waals surface area (Å²) < 4.78 is 22.5. The summed E-state index contributed by atoms with van der Waals surface area (Å²) in [5, 5.41) is 11.5. The quantitative estimate of drug-likeness (QED) is 0.579. The molecule has 0 radical (unpaired) electrons. The number of nitrogens with zero attached hydrogens (tertiary/aromatic N) is 2. The van der Waals surface area contributed by atoms with E-state index < -0.39 is 10.0 Å². The topological polar surface area (TPSA) is 110 Å². The van der Waals surface area contributed by atoms with Gasteiger partial charge in [-0.1, -0.05) is 29.8 Å². The Bertz CT molecular complexity index is 1000. The van der Waals surface area contributed by atoms with E-state index >= 15 is 0 Å². The number of sulfonamides is 1. The van der Waals surface area contributed by atoms with Gasteiger partial charge in [-0.2, -0.15) is 4.98 Å². The predicted octanol–water partition coefficient (Wildman–Crippen LogP) is 2.83. The fraction of sp³-hybridized carbons (Fsp3) is 0.158. The zero-order valence-electron chi connectivity index (χ0n) is 14.9. The molecule has 8 heteroatoms. The summed E-state index contributed by atoms with van der Waals surface area (Å²) >= 11 is 0. The van der Waals surface area contributed by atoms with Crippen molar-refractivity contribution in [2.45, 2.75) is 18.2 Å². The minimum absolute atomic E-state index is 0.113. The van der Waals surface area contributed by atoms with Gasteiger partial charge in [0.05, 0.1) is 4.90 Å². The number of primary sulfonamides is 1. The second-order valence-corrected chi connectivity index (χ2v) is 7.68. The van der Waals surface area contributed by atoms with Crippen LogP contribution >= 0.6 is 0 Å². The third-order valence-corrected chi connectivity index (χ3v) is 4.86. The molecule has 4 N–H and O–H groups in total. The molecule has 0 aliphatic carbocycles. The maximum Gasteiger partial charge on any atom is 0.238 e. The summed E-state index contributed by atoms with van der Waals surface area (Å²) in [6.07, 6.45) is 2.41. The smallest absolute Gasteiger partial charge is 0.238 e. The first-order valence-corrected chi connectivity index (χ1v) is 9.97. The van der Waals surface area contributed by atoms with Crippen LogP contribution < -0.4 is 15.8 Å². The van der Waals surface area contributed by atoms with Gasteiger partial charge in [-0.15, -0.1) is 0 Å². The van der Waals surface area contributed by atoms with Gasteiger partial charge in [0.2, 0.25) is 16.0 Å². The van der Waals surface area contributed by atoms with Crippen LogP contribution in [0, 0.1) is 6.92 Å². The molecule has 3 aromatic rings. The number of hydrogen-bond donors (Lipinski definition) is 3. The fourth-order valence-electron chi connectivity index (χ4n) is 2.46. The van der Waals surface area contributed by atoms with E-state index in [0.717, 1.165) is 17.7 Å². The molecule has 0 saturated carbocycles. The minimum atomic E-state index is -3.66. The second kappa shape index (κ2) is 8.15. The van der Waals surface area contributed by atoms with Crippen molar-refractivity contribution in [3.63, 3.8) is 0 Å². The van der Waals surface area contributed by atoms with Crippen LogP contribution in [0.25, 0.3) is 0 Å². The van der Waals surface area contributed by atoms with Gasteiger partial charge in [-0.3, -0.25) is 0 Å². The van der Waals surface area contributed by atoms with Gasteiger partial charge in [0, 0.05) is 18.4 Å². The van der Waals surface area contributed by atoms with Gasteiger partial charge in [0.25, 0.3) is 0 Å². The van der Waals surface area contributed by atoms with Gasteiger partial charge in [-0.05, 0) is 49.2 Å². The molecule has 140 valence electrons. The highest BCUT2D eigenvalue weighted by Gasteiger charge is 2.06. The van der Waals surface area contributed by atoms with Crippen LogP contribution in [0.15, 0.2) is 65.7 Å². The average molecular weight is 383 g/mol. The molecule has 27 heavy (non-hydrogen) atoms. The van der Waals surface area contributed by atoms with Crippen LogP contribution in [0.5, 0.6) is 0 Å². The summed E-state index contributed by atoms with van der Waals surface area (Å²) in [5.41, 5.74) is 3.11. The largest absolute Gasteiger partial charge is 0.370 e. The molecule has 1 aromatic heterocycles. The third kappa shape index (κ3) is 5.50. The van der Waals surface area contributed by atoms with Gasteiger partial charge in [-0.25, -0.2) is 18.5 Å². The average Bonchev–Trinajstić information content (AvgIpc) is 2.64. The Balaban J connectivity index is 1.56. The van der Waals surface area contributed by atoms with E-state index in [2.05, 4.69) is 20.6 Å². The third-order valence-electron chi connectivity index (χ3n) is 3.93. The van der Waals surface area contributed by atoms with E-state index in [9.17, 15) is 8.42 Å². The molecule has 0 atom stereocenters. The zero-order chi connectivity index (χ0) is 19.3. The fourth-order valence-corrected chi connectivity index (χ4v) is 2.98. The van der Waals surface area contributed by atoms with Crippen LogP contribution in [0.2, 0.25) is 0 Å². The minimum Gasteiger partial charge on any atom is -0.370 e. The first kappa shape index (κ1) is 18.8. The van der Waals surface area contributed by atoms with E-state index in [1.54, 1.807) is 24.4 Å². The van der Waals surface area contributed by atoms with Crippen LogP contribution in [-0.4, -0.2) is 24.9 Å². The summed E-state index contributed by atoms with van der Waals surface area (Å²) in [5.74, 6) is 1.22. The molecular weight excluding hydrogens is 362 g/mol. The SMILES string of the molecule is Cc1ccc(Nc2nccc(NCCc3ccc(S(N)(=O)=O)cc3)n2)cc1. The number of aromatic nitrogens is 2. The molecule has 0 aliphatic rings. The normalized spacial score (nSPS) is 11.2. The molecule has 0 saturated heterocycles. The summed E-state index contributed by atoms with van der Waals surface area (Å²) in [7, 11) is -3.66. The van der Waals surface area contributed by atoms with Crippen molar-refractivity contribution < 1.29 is 8.42 Å². The highest BCUT2D eigenvalue weighted by molar-refractivity contribution is 7.89.